The molecule has 2 aliphatic rings. The second-order valence-corrected chi connectivity index (χ2v) is 13.9. The second kappa shape index (κ2) is 18.6. The van der Waals surface area contributed by atoms with Gasteiger partial charge in [-0.25, -0.2) is 9.78 Å². The highest BCUT2D eigenvalue weighted by atomic mass is 16.6. The summed E-state index contributed by atoms with van der Waals surface area (Å²) < 4.78 is 17.7. The molecular formula is C41H49N5O7. The van der Waals surface area contributed by atoms with Crippen LogP contribution in [0, 0.1) is 0 Å². The third kappa shape index (κ3) is 10.3. The molecule has 6 rings (SSSR count). The van der Waals surface area contributed by atoms with Crippen LogP contribution in [0.1, 0.15) is 79.6 Å². The fraction of sp³-hybridized carbons (Fsp3) is 0.439. The molecule has 4 aromatic rings. The first-order valence-corrected chi connectivity index (χ1v) is 18.7. The van der Waals surface area contributed by atoms with Crippen LogP contribution in [-0.2, 0) is 32.1 Å². The molecule has 280 valence electrons. The summed E-state index contributed by atoms with van der Waals surface area (Å²) in [6.07, 6.45) is 4.82. The summed E-state index contributed by atoms with van der Waals surface area (Å²) in [4.78, 5) is 61.7. The maximum Gasteiger partial charge on any atom is 0.408 e. The van der Waals surface area contributed by atoms with Gasteiger partial charge in [0.15, 0.2) is 5.58 Å². The molecule has 4 N–H and O–H groups in total. The van der Waals surface area contributed by atoms with E-state index in [0.717, 1.165) is 36.8 Å². The van der Waals surface area contributed by atoms with E-state index in [4.69, 9.17) is 19.6 Å². The number of nitrogens with two attached hydrogens (primary N) is 1. The Balaban J connectivity index is 1.23. The van der Waals surface area contributed by atoms with Gasteiger partial charge in [0.1, 0.15) is 23.7 Å². The largest absolute Gasteiger partial charge is 0.446 e. The minimum atomic E-state index is -0.969. The van der Waals surface area contributed by atoms with Crippen LogP contribution in [0.3, 0.4) is 0 Å². The number of alkyl carbamates (subject to hydrolysis) is 1. The Hall–Kier alpha value is -5.07. The van der Waals surface area contributed by atoms with Crippen LogP contribution in [0.5, 0.6) is 0 Å². The van der Waals surface area contributed by atoms with Crippen molar-refractivity contribution in [2.24, 2.45) is 5.73 Å². The number of unbranched alkanes of at least 4 members (excludes halogenated alkanes) is 1. The fourth-order valence-corrected chi connectivity index (χ4v) is 7.10. The summed E-state index contributed by atoms with van der Waals surface area (Å²) in [6.45, 7) is 0.856. The first kappa shape index (κ1) is 37.7. The van der Waals surface area contributed by atoms with Crippen LogP contribution in [0.4, 0.5) is 4.79 Å². The van der Waals surface area contributed by atoms with Crippen LogP contribution in [0.2, 0.25) is 0 Å². The fourth-order valence-electron chi connectivity index (χ4n) is 7.10. The van der Waals surface area contributed by atoms with Crippen LogP contribution in [0.15, 0.2) is 89.3 Å². The number of rotatable bonds is 17. The Labute approximate surface area is 309 Å². The maximum atomic E-state index is 14.5. The number of oxazole rings is 1. The van der Waals surface area contributed by atoms with Gasteiger partial charge in [-0.2, -0.15) is 0 Å². The Morgan fingerprint density at radius 2 is 1.53 bits per heavy atom. The summed E-state index contributed by atoms with van der Waals surface area (Å²) in [5.74, 6) is -1.48. The number of nitrogens with one attached hydrogen (secondary N) is 2. The summed E-state index contributed by atoms with van der Waals surface area (Å²) in [7, 11) is 0. The molecular weight excluding hydrogens is 674 g/mol. The minimum absolute atomic E-state index is 0.0985. The normalized spacial score (nSPS) is 18.5. The summed E-state index contributed by atoms with van der Waals surface area (Å²) in [5, 5.41) is 5.77. The number of carbonyl (C=O) groups excluding carboxylic acids is 4. The SMILES string of the molecule is NCCCC[C@H](NC(=O)[C@@H]1C[C@@H](OCc2ccccc2)CN1C(=O)[C@@H](CCc1ccccc1)NC(=O)OC1CCCC1)C(=O)c1nc2ccccc2o1. The molecule has 3 aromatic carbocycles. The number of ether oxygens (including phenoxy) is 2. The molecule has 0 spiro atoms. The van der Waals surface area contributed by atoms with Crippen molar-refractivity contribution in [3.8, 4) is 0 Å². The number of hydrogen-bond donors (Lipinski definition) is 3. The lowest BCUT2D eigenvalue weighted by atomic mass is 10.0. The number of likely N-dealkylation sites (tertiary alicyclic amines) is 1. The highest BCUT2D eigenvalue weighted by Crippen LogP contribution is 2.26. The van der Waals surface area contributed by atoms with Crippen molar-refractivity contribution in [3.05, 3.63) is 102 Å². The summed E-state index contributed by atoms with van der Waals surface area (Å²) >= 11 is 0. The van der Waals surface area contributed by atoms with Crippen LogP contribution in [-0.4, -0.2) is 77.0 Å². The van der Waals surface area contributed by atoms with Gasteiger partial charge in [-0.1, -0.05) is 72.8 Å². The number of ketones is 1. The lowest BCUT2D eigenvalue weighted by Crippen LogP contribution is -2.55. The highest BCUT2D eigenvalue weighted by molar-refractivity contribution is 6.01. The first-order chi connectivity index (χ1) is 25.9. The standard InChI is InChI=1S/C41H49N5O7/c42-24-12-11-20-33(37(47)39-44-32-19-9-10-21-36(32)53-39)43-38(48)35-25-31(51-27-29-15-5-2-6-16-29)26-46(35)40(49)34(23-22-28-13-3-1-4-14-28)45-41(50)52-30-17-7-8-18-30/h1-6,9-10,13-16,19,21,30-31,33-35H,7-8,11-12,17-18,20,22-27,42H2,(H,43,48)(H,45,50)/t31-,33+,34-,35+/m1/s1. The number of aromatic nitrogens is 1. The van der Waals surface area contributed by atoms with Crippen LogP contribution < -0.4 is 16.4 Å². The molecule has 2 fully saturated rings. The van der Waals surface area contributed by atoms with Crippen LogP contribution >= 0.6 is 0 Å². The average molecular weight is 724 g/mol. The van der Waals surface area contributed by atoms with E-state index in [1.807, 2.05) is 60.7 Å². The lowest BCUT2D eigenvalue weighted by molar-refractivity contribution is -0.140. The number of benzene rings is 3. The quantitative estimate of drug-likeness (QED) is 0.0945. The number of amides is 3. The van der Waals surface area contributed by atoms with E-state index in [-0.39, 0.29) is 25.0 Å². The van der Waals surface area contributed by atoms with E-state index < -0.39 is 47.9 Å². The predicted octanol–water partition coefficient (Wildman–Crippen LogP) is 5.48. The molecule has 53 heavy (non-hydrogen) atoms. The topological polar surface area (TPSA) is 166 Å². The van der Waals surface area contributed by atoms with Crippen molar-refractivity contribution >= 4 is 34.8 Å². The van der Waals surface area contributed by atoms with Gasteiger partial charge in [-0.05, 0) is 87.6 Å². The second-order valence-electron chi connectivity index (χ2n) is 13.9. The molecule has 2 heterocycles. The zero-order valence-electron chi connectivity index (χ0n) is 30.0. The third-order valence-electron chi connectivity index (χ3n) is 9.99. The molecule has 12 heteroatoms. The molecule has 0 unspecified atom stereocenters. The smallest absolute Gasteiger partial charge is 0.408 e. The van der Waals surface area contributed by atoms with Gasteiger partial charge >= 0.3 is 6.09 Å². The van der Waals surface area contributed by atoms with Gasteiger partial charge in [0.05, 0.1) is 18.8 Å². The van der Waals surface area contributed by atoms with Gasteiger partial charge in [0, 0.05) is 13.0 Å². The predicted molar refractivity (Wildman–Crippen MR) is 199 cm³/mol. The first-order valence-electron chi connectivity index (χ1n) is 18.7. The highest BCUT2D eigenvalue weighted by Gasteiger charge is 2.44. The Morgan fingerprint density at radius 1 is 0.830 bits per heavy atom. The van der Waals surface area contributed by atoms with Crippen molar-refractivity contribution in [1.29, 1.82) is 0 Å². The van der Waals surface area contributed by atoms with Gasteiger partial charge in [0.25, 0.3) is 5.89 Å². The summed E-state index contributed by atoms with van der Waals surface area (Å²) in [6, 6.07) is 23.6. The monoisotopic (exact) mass is 723 g/mol. The van der Waals surface area contributed by atoms with Crippen molar-refractivity contribution < 1.29 is 33.1 Å². The molecule has 0 bridgehead atoms. The molecule has 1 aromatic heterocycles. The van der Waals surface area contributed by atoms with Gasteiger partial charge in [0.2, 0.25) is 17.6 Å². The Kier molecular flexibility index (Phi) is 13.2. The number of carbonyl (C=O) groups is 4. The Bertz CT molecular complexity index is 1780. The van der Waals surface area contributed by atoms with E-state index in [0.29, 0.717) is 56.4 Å². The van der Waals surface area contributed by atoms with E-state index in [1.165, 1.54) is 4.90 Å². The van der Waals surface area contributed by atoms with E-state index in [2.05, 4.69) is 15.6 Å². The van der Waals surface area contributed by atoms with Crippen molar-refractivity contribution in [3.63, 3.8) is 0 Å². The van der Waals surface area contributed by atoms with Crippen molar-refractivity contribution in [2.75, 3.05) is 13.1 Å². The molecule has 1 aliphatic heterocycles. The maximum absolute atomic E-state index is 14.5. The molecule has 1 aliphatic carbocycles. The zero-order chi connectivity index (χ0) is 37.0. The number of aryl methyl sites for hydroxylation is 1. The zero-order valence-corrected chi connectivity index (χ0v) is 30.0. The number of fused-ring (bicyclic) bond motifs is 1. The molecule has 1 saturated heterocycles. The average Bonchev–Trinajstić information content (AvgIpc) is 3.96. The number of hydrogen-bond acceptors (Lipinski definition) is 9. The van der Waals surface area contributed by atoms with Gasteiger partial charge in [-0.15, -0.1) is 0 Å². The molecule has 4 atom stereocenters. The van der Waals surface area contributed by atoms with E-state index in [1.54, 1.807) is 24.3 Å². The van der Waals surface area contributed by atoms with Crippen molar-refractivity contribution in [2.45, 2.75) is 101 Å². The van der Waals surface area contributed by atoms with E-state index in [9.17, 15) is 19.2 Å². The van der Waals surface area contributed by atoms with Crippen LogP contribution in [0.25, 0.3) is 11.1 Å². The molecule has 3 amide bonds. The number of para-hydroxylation sites is 2. The summed E-state index contributed by atoms with van der Waals surface area (Å²) in [5.41, 5.74) is 8.73. The van der Waals surface area contributed by atoms with E-state index >= 15 is 0 Å². The Morgan fingerprint density at radius 3 is 2.25 bits per heavy atom. The molecule has 0 radical (unpaired) electrons. The number of Topliss-reactive ketones (excluding diaryl/α,β-unsaturated/α-hetero) is 1. The van der Waals surface area contributed by atoms with Gasteiger partial charge < -0.3 is 35.2 Å². The molecule has 12 nitrogen and oxygen atoms in total. The molecule has 1 saturated carbocycles. The number of nitrogens with zero attached hydrogens (tertiary/aromatic N) is 2. The lowest BCUT2D eigenvalue weighted by Gasteiger charge is -2.29. The van der Waals surface area contributed by atoms with Crippen molar-refractivity contribution in [1.82, 2.24) is 20.5 Å². The van der Waals surface area contributed by atoms with Gasteiger partial charge in [-0.3, -0.25) is 14.4 Å². The minimum Gasteiger partial charge on any atom is -0.446 e. The third-order valence-corrected chi connectivity index (χ3v) is 9.99.